The fourth-order valence-electron chi connectivity index (χ4n) is 2.72. The van der Waals surface area contributed by atoms with Gasteiger partial charge in [-0.15, -0.1) is 0 Å². The van der Waals surface area contributed by atoms with Crippen LogP contribution in [0, 0.1) is 10.1 Å². The minimum Gasteiger partial charge on any atom is -0.550 e. The van der Waals surface area contributed by atoms with Gasteiger partial charge in [-0.3, -0.25) is 19.7 Å². The van der Waals surface area contributed by atoms with E-state index in [0.717, 1.165) is 0 Å². The van der Waals surface area contributed by atoms with Gasteiger partial charge in [-0.1, -0.05) is 18.2 Å². The number of aliphatic carboxylic acids is 1. The zero-order valence-electron chi connectivity index (χ0n) is 17.6. The number of carbonyl (C=O) groups is 3. The van der Waals surface area contributed by atoms with Crippen molar-refractivity contribution in [3.63, 3.8) is 0 Å². The number of benzene rings is 1. The molecular formula is C20H22N5NaO6. The number of hydrogen-bond acceptors (Lipinski definition) is 8. The number of anilines is 1. The number of nitrogens with one attached hydrogen (secondary N) is 3. The number of carboxylic acid groups (broad SMARTS) is 1. The van der Waals surface area contributed by atoms with Crippen LogP contribution in [-0.2, 0) is 14.4 Å². The number of nitro benzene ring substituents is 1. The molecular weight excluding hydrogens is 429 g/mol. The van der Waals surface area contributed by atoms with Gasteiger partial charge >= 0.3 is 29.6 Å². The number of carboxylic acids is 1. The maximum absolute atomic E-state index is 12.2. The molecule has 0 bridgehead atoms. The van der Waals surface area contributed by atoms with Gasteiger partial charge in [0.15, 0.2) is 0 Å². The van der Waals surface area contributed by atoms with Crippen molar-refractivity contribution in [2.45, 2.75) is 25.3 Å². The first kappa shape index (κ1) is 27.0. The van der Waals surface area contributed by atoms with Gasteiger partial charge < -0.3 is 25.9 Å². The number of nitro groups is 1. The van der Waals surface area contributed by atoms with Crippen molar-refractivity contribution < 1.29 is 54.0 Å². The van der Waals surface area contributed by atoms with E-state index >= 15 is 0 Å². The SMILES string of the molecule is O=C([O-])CC(NC(=O)CNC(=O)CCCNc1ccccn1)c1cccc([N+](=O)[O-])c1.[Na+]. The molecule has 0 spiro atoms. The standard InChI is InChI=1S/C20H23N5O6.Na/c26-18(8-4-10-22-17-7-1-2-9-21-17)23-13-19(27)24-16(12-20(28)29)14-5-3-6-15(11-14)25(30)31;/h1-3,5-7,9,11,16H,4,8,10,12-13H2,(H,21,22)(H,23,26)(H,24,27)(H,28,29);/q;+1/p-1. The van der Waals surface area contributed by atoms with Crippen molar-refractivity contribution in [3.8, 4) is 0 Å². The third-order valence-corrected chi connectivity index (χ3v) is 4.19. The van der Waals surface area contributed by atoms with Crippen LogP contribution < -0.4 is 50.6 Å². The van der Waals surface area contributed by atoms with Crippen LogP contribution >= 0.6 is 0 Å². The molecule has 12 heteroatoms. The fourth-order valence-corrected chi connectivity index (χ4v) is 2.72. The van der Waals surface area contributed by atoms with Crippen LogP contribution in [-0.4, -0.2) is 40.8 Å². The summed E-state index contributed by atoms with van der Waals surface area (Å²) in [6, 6.07) is 9.69. The fraction of sp³-hybridized carbons (Fsp3) is 0.300. The monoisotopic (exact) mass is 451 g/mol. The molecule has 11 nitrogen and oxygen atoms in total. The van der Waals surface area contributed by atoms with Crippen LogP contribution in [0.1, 0.15) is 30.9 Å². The first-order valence-electron chi connectivity index (χ1n) is 9.50. The summed E-state index contributed by atoms with van der Waals surface area (Å²) >= 11 is 0. The van der Waals surface area contributed by atoms with Crippen molar-refractivity contribution in [3.05, 3.63) is 64.3 Å². The van der Waals surface area contributed by atoms with Gasteiger partial charge in [0, 0.05) is 43.7 Å². The summed E-state index contributed by atoms with van der Waals surface area (Å²) < 4.78 is 0. The molecule has 1 heterocycles. The maximum Gasteiger partial charge on any atom is 1.00 e. The molecule has 32 heavy (non-hydrogen) atoms. The Morgan fingerprint density at radius 2 is 1.88 bits per heavy atom. The zero-order valence-corrected chi connectivity index (χ0v) is 19.6. The quantitative estimate of drug-likeness (QED) is 0.136. The molecule has 0 aliphatic carbocycles. The average Bonchev–Trinajstić information content (AvgIpc) is 2.75. The van der Waals surface area contributed by atoms with Gasteiger partial charge in [-0.25, -0.2) is 4.98 Å². The van der Waals surface area contributed by atoms with Crippen LogP contribution in [0.3, 0.4) is 0 Å². The van der Waals surface area contributed by atoms with Gasteiger partial charge in [0.05, 0.1) is 17.5 Å². The largest absolute Gasteiger partial charge is 1.00 e. The molecule has 1 aromatic carbocycles. The molecule has 0 radical (unpaired) electrons. The molecule has 3 N–H and O–H groups in total. The molecule has 164 valence electrons. The average molecular weight is 451 g/mol. The van der Waals surface area contributed by atoms with Crippen molar-refractivity contribution in [1.29, 1.82) is 0 Å². The predicted molar refractivity (Wildman–Crippen MR) is 109 cm³/mol. The van der Waals surface area contributed by atoms with E-state index in [1.165, 1.54) is 24.3 Å². The molecule has 2 aromatic rings. The first-order valence-corrected chi connectivity index (χ1v) is 9.50. The Balaban J connectivity index is 0.00000512. The van der Waals surface area contributed by atoms with E-state index in [4.69, 9.17) is 0 Å². The number of carbonyl (C=O) groups excluding carboxylic acids is 3. The minimum atomic E-state index is -1.43. The molecule has 0 aliphatic heterocycles. The molecule has 0 aliphatic rings. The van der Waals surface area contributed by atoms with Gasteiger partial charge in [-0.05, 0) is 24.1 Å². The summed E-state index contributed by atoms with van der Waals surface area (Å²) in [5.74, 6) is -1.70. The third kappa shape index (κ3) is 9.86. The van der Waals surface area contributed by atoms with Crippen LogP contribution in [0.15, 0.2) is 48.7 Å². The maximum atomic E-state index is 12.2. The van der Waals surface area contributed by atoms with Gasteiger partial charge in [0.2, 0.25) is 11.8 Å². The van der Waals surface area contributed by atoms with Crippen LogP contribution in [0.25, 0.3) is 0 Å². The number of pyridine rings is 1. The normalized spacial score (nSPS) is 10.9. The Hall–Kier alpha value is -3.02. The molecule has 1 aromatic heterocycles. The third-order valence-electron chi connectivity index (χ3n) is 4.19. The Kier molecular flexibility index (Phi) is 11.9. The smallest absolute Gasteiger partial charge is 0.550 e. The van der Waals surface area contributed by atoms with Crippen LogP contribution in [0.5, 0.6) is 0 Å². The van der Waals surface area contributed by atoms with E-state index < -0.39 is 29.3 Å². The number of hydrogen-bond donors (Lipinski definition) is 3. The van der Waals surface area contributed by atoms with E-state index in [9.17, 15) is 29.6 Å². The second kappa shape index (κ2) is 14.1. The van der Waals surface area contributed by atoms with E-state index in [1.54, 1.807) is 18.3 Å². The molecule has 1 atom stereocenters. The van der Waals surface area contributed by atoms with Gasteiger partial charge in [-0.2, -0.15) is 0 Å². The van der Waals surface area contributed by atoms with E-state index in [2.05, 4.69) is 20.9 Å². The summed E-state index contributed by atoms with van der Waals surface area (Å²) in [5.41, 5.74) is 0.0152. The second-order valence-corrected chi connectivity index (χ2v) is 6.57. The predicted octanol–water partition coefficient (Wildman–Crippen LogP) is -2.70. The topological polar surface area (TPSA) is 166 Å². The number of nitrogens with zero attached hydrogens (tertiary/aromatic N) is 2. The second-order valence-electron chi connectivity index (χ2n) is 6.57. The van der Waals surface area contributed by atoms with E-state index in [-0.39, 0.29) is 59.7 Å². The molecule has 2 rings (SSSR count). The Bertz CT molecular complexity index is 928. The summed E-state index contributed by atoms with van der Waals surface area (Å²) in [6.45, 7) is 0.169. The first-order chi connectivity index (χ1) is 14.8. The molecule has 2 amide bonds. The van der Waals surface area contributed by atoms with Crippen molar-refractivity contribution in [1.82, 2.24) is 15.6 Å². The molecule has 0 saturated heterocycles. The van der Waals surface area contributed by atoms with Crippen LogP contribution in [0.4, 0.5) is 11.5 Å². The Morgan fingerprint density at radius 3 is 2.53 bits per heavy atom. The molecule has 0 fully saturated rings. The van der Waals surface area contributed by atoms with E-state index in [1.807, 2.05) is 6.07 Å². The number of amides is 2. The summed E-state index contributed by atoms with van der Waals surface area (Å²) in [6.07, 6.45) is 1.78. The Labute approximate surface area is 206 Å². The van der Waals surface area contributed by atoms with Crippen LogP contribution in [0.2, 0.25) is 0 Å². The van der Waals surface area contributed by atoms with E-state index in [0.29, 0.717) is 18.8 Å². The summed E-state index contributed by atoms with van der Waals surface area (Å²) in [5, 5.41) is 29.9. The number of rotatable bonds is 12. The molecule has 0 saturated carbocycles. The summed E-state index contributed by atoms with van der Waals surface area (Å²) in [4.78, 5) is 49.5. The Morgan fingerprint density at radius 1 is 1.09 bits per heavy atom. The van der Waals surface area contributed by atoms with Crippen molar-refractivity contribution >= 4 is 29.3 Å². The van der Waals surface area contributed by atoms with Crippen molar-refractivity contribution in [2.24, 2.45) is 0 Å². The minimum absolute atomic E-state index is 0. The number of non-ortho nitro benzene ring substituents is 1. The zero-order chi connectivity index (χ0) is 22.6. The molecule has 1 unspecified atom stereocenters. The van der Waals surface area contributed by atoms with Gasteiger partial charge in [0.1, 0.15) is 5.82 Å². The van der Waals surface area contributed by atoms with Crippen molar-refractivity contribution in [2.75, 3.05) is 18.4 Å². The summed E-state index contributed by atoms with van der Waals surface area (Å²) in [7, 11) is 0. The van der Waals surface area contributed by atoms with Gasteiger partial charge in [0.25, 0.3) is 5.69 Å². The number of aromatic nitrogens is 1.